The Morgan fingerprint density at radius 2 is 2.00 bits per heavy atom. The molecular weight excluding hydrogens is 281 g/mol. The third-order valence-electron chi connectivity index (χ3n) is 3.26. The van der Waals surface area contributed by atoms with Crippen LogP contribution in [0.15, 0.2) is 36.4 Å². The van der Waals surface area contributed by atoms with E-state index in [2.05, 4.69) is 10.3 Å². The van der Waals surface area contributed by atoms with Crippen molar-refractivity contribution >= 4 is 0 Å². The van der Waals surface area contributed by atoms with Crippen molar-refractivity contribution in [1.82, 2.24) is 10.3 Å². The number of ether oxygens (including phenoxy) is 1. The van der Waals surface area contributed by atoms with Crippen LogP contribution < -0.4 is 10.1 Å². The number of pyridine rings is 1. The highest BCUT2D eigenvalue weighted by atomic mass is 19.4. The summed E-state index contributed by atoms with van der Waals surface area (Å²) in [6.07, 6.45) is -4.36. The second-order valence-corrected chi connectivity index (χ2v) is 4.76. The van der Waals surface area contributed by atoms with Crippen molar-refractivity contribution in [3.8, 4) is 17.1 Å². The molecule has 1 aliphatic rings. The zero-order valence-electron chi connectivity index (χ0n) is 11.1. The molecule has 0 saturated heterocycles. The van der Waals surface area contributed by atoms with Gasteiger partial charge < -0.3 is 10.1 Å². The third kappa shape index (κ3) is 3.00. The number of halogens is 3. The molecule has 1 aliphatic heterocycles. The van der Waals surface area contributed by atoms with E-state index in [4.69, 9.17) is 4.74 Å². The molecule has 0 unspecified atom stereocenters. The van der Waals surface area contributed by atoms with Crippen LogP contribution in [0.25, 0.3) is 11.3 Å². The lowest BCUT2D eigenvalue weighted by Crippen LogP contribution is -2.16. The summed E-state index contributed by atoms with van der Waals surface area (Å²) in [5.74, 6) is 0.481. The average Bonchev–Trinajstić information content (AvgIpc) is 2.71. The minimum absolute atomic E-state index is 0.424. The molecule has 21 heavy (non-hydrogen) atoms. The fourth-order valence-corrected chi connectivity index (χ4v) is 2.19. The van der Waals surface area contributed by atoms with Crippen molar-refractivity contribution in [2.45, 2.75) is 12.7 Å². The predicted molar refractivity (Wildman–Crippen MR) is 71.9 cm³/mol. The molecule has 1 aromatic carbocycles. The summed E-state index contributed by atoms with van der Waals surface area (Å²) in [5.41, 5.74) is 1.12. The van der Waals surface area contributed by atoms with Gasteiger partial charge in [0.05, 0.1) is 11.3 Å². The predicted octanol–water partition coefficient (Wildman–Crippen LogP) is 3.25. The third-order valence-corrected chi connectivity index (χ3v) is 3.26. The van der Waals surface area contributed by atoms with Gasteiger partial charge in [0, 0.05) is 24.2 Å². The zero-order valence-corrected chi connectivity index (χ0v) is 11.1. The van der Waals surface area contributed by atoms with Gasteiger partial charge in [0.25, 0.3) is 0 Å². The fourth-order valence-electron chi connectivity index (χ4n) is 2.19. The van der Waals surface area contributed by atoms with Crippen LogP contribution in [0.2, 0.25) is 0 Å². The lowest BCUT2D eigenvalue weighted by atomic mass is 10.1. The van der Waals surface area contributed by atoms with Crippen LogP contribution in [0.3, 0.4) is 0 Å². The molecule has 1 aromatic heterocycles. The van der Waals surface area contributed by atoms with E-state index < -0.39 is 11.7 Å². The molecule has 0 bridgehead atoms. The monoisotopic (exact) mass is 294 g/mol. The molecule has 2 aromatic rings. The van der Waals surface area contributed by atoms with Crippen LogP contribution in [0, 0.1) is 0 Å². The Labute approximate surface area is 119 Å². The van der Waals surface area contributed by atoms with Gasteiger partial charge in [-0.1, -0.05) is 18.2 Å². The topological polar surface area (TPSA) is 34.1 Å². The van der Waals surface area contributed by atoms with Crippen LogP contribution in [-0.2, 0) is 12.7 Å². The van der Waals surface area contributed by atoms with Crippen LogP contribution in [0.5, 0.6) is 5.88 Å². The van der Waals surface area contributed by atoms with Crippen molar-refractivity contribution in [3.63, 3.8) is 0 Å². The van der Waals surface area contributed by atoms with Crippen molar-refractivity contribution < 1.29 is 17.9 Å². The minimum Gasteiger partial charge on any atom is -0.476 e. The summed E-state index contributed by atoms with van der Waals surface area (Å²) >= 11 is 0. The molecule has 2 heterocycles. The zero-order chi connectivity index (χ0) is 14.9. The quantitative estimate of drug-likeness (QED) is 0.876. The van der Waals surface area contributed by atoms with Gasteiger partial charge in [-0.05, 0) is 18.2 Å². The van der Waals surface area contributed by atoms with Crippen LogP contribution in [-0.4, -0.2) is 18.1 Å². The fraction of sp³-hybridized carbons (Fsp3) is 0.267. The Morgan fingerprint density at radius 1 is 1.14 bits per heavy atom. The molecule has 6 heteroatoms. The van der Waals surface area contributed by atoms with Gasteiger partial charge in [0.15, 0.2) is 0 Å². The summed E-state index contributed by atoms with van der Waals surface area (Å²) in [6, 6.07) is 8.69. The highest BCUT2D eigenvalue weighted by molar-refractivity contribution is 5.61. The Morgan fingerprint density at radius 3 is 2.81 bits per heavy atom. The van der Waals surface area contributed by atoms with Crippen molar-refractivity contribution in [2.75, 3.05) is 13.2 Å². The molecule has 0 aliphatic carbocycles. The maximum atomic E-state index is 12.8. The first-order valence-electron chi connectivity index (χ1n) is 6.55. The number of fused-ring (bicyclic) bond motifs is 1. The minimum atomic E-state index is -4.36. The SMILES string of the molecule is FC(F)(F)c1cccc(-c2ccc3c(n2)OCCNC3)c1. The van der Waals surface area contributed by atoms with Crippen molar-refractivity contribution in [2.24, 2.45) is 0 Å². The second kappa shape index (κ2) is 5.37. The number of aromatic nitrogens is 1. The van der Waals surface area contributed by atoms with Gasteiger partial charge in [-0.2, -0.15) is 13.2 Å². The Hall–Kier alpha value is -2.08. The molecule has 0 fully saturated rings. The molecule has 3 rings (SSSR count). The van der Waals surface area contributed by atoms with Gasteiger partial charge in [0.1, 0.15) is 6.61 Å². The number of nitrogens with zero attached hydrogens (tertiary/aromatic N) is 1. The maximum Gasteiger partial charge on any atom is 0.416 e. The number of hydrogen-bond donors (Lipinski definition) is 1. The van der Waals surface area contributed by atoms with E-state index in [1.54, 1.807) is 12.1 Å². The van der Waals surface area contributed by atoms with Crippen LogP contribution in [0.4, 0.5) is 13.2 Å². The van der Waals surface area contributed by atoms with Crippen LogP contribution >= 0.6 is 0 Å². The van der Waals surface area contributed by atoms with E-state index in [-0.39, 0.29) is 0 Å². The number of hydrogen-bond acceptors (Lipinski definition) is 3. The smallest absolute Gasteiger partial charge is 0.416 e. The molecule has 0 saturated carbocycles. The van der Waals surface area contributed by atoms with Gasteiger partial charge in [-0.15, -0.1) is 0 Å². The molecule has 3 nitrogen and oxygen atoms in total. The van der Waals surface area contributed by atoms with E-state index in [1.165, 1.54) is 6.07 Å². The van der Waals surface area contributed by atoms with Crippen LogP contribution in [0.1, 0.15) is 11.1 Å². The molecule has 0 radical (unpaired) electrons. The standard InChI is InChI=1S/C15H13F3N2O/c16-15(17,18)12-3-1-2-10(8-12)13-5-4-11-9-19-6-7-21-14(11)20-13/h1-5,8,19H,6-7,9H2. The largest absolute Gasteiger partial charge is 0.476 e. The summed E-state index contributed by atoms with van der Waals surface area (Å²) in [7, 11) is 0. The second-order valence-electron chi connectivity index (χ2n) is 4.76. The Kier molecular flexibility index (Phi) is 3.55. The number of nitrogens with one attached hydrogen (secondary N) is 1. The summed E-state index contributed by atoms with van der Waals surface area (Å²) in [4.78, 5) is 4.34. The summed E-state index contributed by atoms with van der Waals surface area (Å²) < 4.78 is 43.8. The number of alkyl halides is 3. The van der Waals surface area contributed by atoms with E-state index >= 15 is 0 Å². The lowest BCUT2D eigenvalue weighted by molar-refractivity contribution is -0.137. The maximum absolute atomic E-state index is 12.8. The van der Waals surface area contributed by atoms with Gasteiger partial charge in [-0.3, -0.25) is 0 Å². The molecule has 0 amide bonds. The van der Waals surface area contributed by atoms with Gasteiger partial charge in [0.2, 0.25) is 5.88 Å². The first kappa shape index (κ1) is 13.9. The average molecular weight is 294 g/mol. The Balaban J connectivity index is 1.99. The molecule has 110 valence electrons. The van der Waals surface area contributed by atoms with Crippen molar-refractivity contribution in [3.05, 3.63) is 47.5 Å². The molecule has 1 N–H and O–H groups in total. The first-order valence-corrected chi connectivity index (χ1v) is 6.55. The first-order chi connectivity index (χ1) is 10.0. The highest BCUT2D eigenvalue weighted by Crippen LogP contribution is 2.32. The number of benzene rings is 1. The van der Waals surface area contributed by atoms with E-state index in [0.29, 0.717) is 30.3 Å². The number of rotatable bonds is 1. The molecular formula is C15H13F3N2O. The van der Waals surface area contributed by atoms with Gasteiger partial charge >= 0.3 is 6.18 Å². The van der Waals surface area contributed by atoms with E-state index in [1.807, 2.05) is 6.07 Å². The van der Waals surface area contributed by atoms with E-state index in [0.717, 1.165) is 24.2 Å². The summed E-state index contributed by atoms with van der Waals surface area (Å²) in [6.45, 7) is 1.85. The molecule has 0 spiro atoms. The van der Waals surface area contributed by atoms with Gasteiger partial charge in [-0.25, -0.2) is 4.98 Å². The Bertz CT molecular complexity index is 656. The summed E-state index contributed by atoms with van der Waals surface area (Å²) in [5, 5.41) is 3.18. The molecule has 0 atom stereocenters. The normalized spacial score (nSPS) is 15.0. The lowest BCUT2D eigenvalue weighted by Gasteiger charge is -2.10. The van der Waals surface area contributed by atoms with E-state index in [9.17, 15) is 13.2 Å². The van der Waals surface area contributed by atoms with Crippen molar-refractivity contribution in [1.29, 1.82) is 0 Å². The highest BCUT2D eigenvalue weighted by Gasteiger charge is 2.30.